The van der Waals surface area contributed by atoms with Crippen molar-refractivity contribution in [3.63, 3.8) is 0 Å². The molecule has 1 aromatic heterocycles. The van der Waals surface area contributed by atoms with Gasteiger partial charge in [0.15, 0.2) is 11.5 Å². The van der Waals surface area contributed by atoms with E-state index in [2.05, 4.69) is 10.3 Å². The molecule has 0 aliphatic heterocycles. The number of nitrogens with zero attached hydrogens (tertiary/aromatic N) is 1. The van der Waals surface area contributed by atoms with Crippen LogP contribution in [0.15, 0.2) is 54.6 Å². The van der Waals surface area contributed by atoms with Crippen molar-refractivity contribution in [2.75, 3.05) is 26.6 Å². The van der Waals surface area contributed by atoms with Crippen molar-refractivity contribution in [3.05, 3.63) is 71.5 Å². The molecule has 3 rings (SSSR count). The molecule has 0 fully saturated rings. The molecular formula is C31H36N2O7. The number of amides is 1. The Hall–Kier alpha value is -4.53. The molecule has 40 heavy (non-hydrogen) atoms. The summed E-state index contributed by atoms with van der Waals surface area (Å²) in [5.41, 5.74) is 1.85. The normalized spacial score (nSPS) is 11.2. The maximum Gasteiger partial charge on any atom is 0.310 e. The third-order valence-corrected chi connectivity index (χ3v) is 6.78. The van der Waals surface area contributed by atoms with Gasteiger partial charge in [-0.05, 0) is 48.7 Å². The van der Waals surface area contributed by atoms with Gasteiger partial charge in [-0.1, -0.05) is 38.1 Å². The maximum absolute atomic E-state index is 12.6. The minimum Gasteiger partial charge on any atom is -0.493 e. The zero-order valence-corrected chi connectivity index (χ0v) is 23.5. The lowest BCUT2D eigenvalue weighted by atomic mass is 9.79. The number of nitrogens with one attached hydrogen (secondary N) is 1. The predicted octanol–water partition coefficient (Wildman–Crippen LogP) is 6.08. The standard InChI is InChI=1S/C31H36N2O7/c1-6-31(7-2,30(35)36)19-28(34)33-23-12-8-10-21(16-23)14-15-22-11-9-13-24(32-22)20-40-25-17-26(37-3)29(39-5)27(18-25)38-4/h8-18H,6-7,19-20H2,1-5H3,(H,33,34)(H,35,36)/b15-14+. The van der Waals surface area contributed by atoms with Gasteiger partial charge in [0.05, 0.1) is 38.1 Å². The minimum absolute atomic E-state index is 0.0791. The molecule has 2 aromatic carbocycles. The molecule has 3 aromatic rings. The van der Waals surface area contributed by atoms with Crippen LogP contribution >= 0.6 is 0 Å². The number of aliphatic carboxylic acids is 1. The summed E-state index contributed by atoms with van der Waals surface area (Å²) in [5, 5.41) is 12.4. The number of anilines is 1. The van der Waals surface area contributed by atoms with Crippen LogP contribution < -0.4 is 24.3 Å². The van der Waals surface area contributed by atoms with Crippen molar-refractivity contribution in [2.45, 2.75) is 39.7 Å². The first-order chi connectivity index (χ1) is 19.3. The lowest BCUT2D eigenvalue weighted by molar-refractivity contribution is -0.151. The molecule has 0 saturated heterocycles. The topological polar surface area (TPSA) is 116 Å². The molecule has 1 heterocycles. The first-order valence-corrected chi connectivity index (χ1v) is 13.0. The van der Waals surface area contributed by atoms with Crippen molar-refractivity contribution in [1.29, 1.82) is 0 Å². The van der Waals surface area contributed by atoms with Crippen LogP contribution in [0.3, 0.4) is 0 Å². The second-order valence-corrected chi connectivity index (χ2v) is 9.18. The van der Waals surface area contributed by atoms with Crippen LogP contribution in [-0.2, 0) is 16.2 Å². The van der Waals surface area contributed by atoms with E-state index in [1.165, 1.54) is 0 Å². The van der Waals surface area contributed by atoms with Gasteiger partial charge in [0.1, 0.15) is 12.4 Å². The number of carboxylic acids is 1. The van der Waals surface area contributed by atoms with Crippen LogP contribution in [0.1, 0.15) is 50.1 Å². The number of benzene rings is 2. The van der Waals surface area contributed by atoms with E-state index in [1.54, 1.807) is 53.4 Å². The Kier molecular flexibility index (Phi) is 10.5. The summed E-state index contributed by atoms with van der Waals surface area (Å²) < 4.78 is 22.0. The monoisotopic (exact) mass is 548 g/mol. The number of hydrogen-bond donors (Lipinski definition) is 2. The van der Waals surface area contributed by atoms with Crippen LogP contribution in [0.2, 0.25) is 0 Å². The summed E-state index contributed by atoms with van der Waals surface area (Å²) in [6.45, 7) is 3.81. The van der Waals surface area contributed by atoms with E-state index in [0.717, 1.165) is 17.0 Å². The maximum atomic E-state index is 12.6. The molecule has 2 N–H and O–H groups in total. The molecular weight excluding hydrogens is 512 g/mol. The summed E-state index contributed by atoms with van der Waals surface area (Å²) in [7, 11) is 4.64. The van der Waals surface area contributed by atoms with Gasteiger partial charge in [0.2, 0.25) is 11.7 Å². The van der Waals surface area contributed by atoms with Gasteiger partial charge in [-0.2, -0.15) is 0 Å². The van der Waals surface area contributed by atoms with Gasteiger partial charge < -0.3 is 29.4 Å². The molecule has 0 saturated carbocycles. The van der Waals surface area contributed by atoms with Gasteiger partial charge >= 0.3 is 5.97 Å². The molecule has 1 amide bonds. The highest BCUT2D eigenvalue weighted by atomic mass is 16.5. The molecule has 0 spiro atoms. The predicted molar refractivity (Wildman–Crippen MR) is 154 cm³/mol. The van der Waals surface area contributed by atoms with E-state index in [1.807, 2.05) is 48.6 Å². The molecule has 0 aliphatic carbocycles. The van der Waals surface area contributed by atoms with Gasteiger partial charge in [-0.15, -0.1) is 0 Å². The van der Waals surface area contributed by atoms with Crippen molar-refractivity contribution in [2.24, 2.45) is 5.41 Å². The van der Waals surface area contributed by atoms with E-state index in [4.69, 9.17) is 18.9 Å². The van der Waals surface area contributed by atoms with Gasteiger partial charge in [-0.3, -0.25) is 9.59 Å². The average Bonchev–Trinajstić information content (AvgIpc) is 2.97. The number of carbonyl (C=O) groups excluding carboxylic acids is 1. The highest BCUT2D eigenvalue weighted by Gasteiger charge is 2.37. The Balaban J connectivity index is 1.67. The summed E-state index contributed by atoms with van der Waals surface area (Å²) in [6, 6.07) is 16.4. The number of ether oxygens (including phenoxy) is 4. The van der Waals surface area contributed by atoms with Crippen molar-refractivity contribution in [3.8, 4) is 23.0 Å². The number of rotatable bonds is 14. The van der Waals surface area contributed by atoms with Crippen molar-refractivity contribution in [1.82, 2.24) is 4.98 Å². The lowest BCUT2D eigenvalue weighted by Gasteiger charge is -2.25. The van der Waals surface area contributed by atoms with E-state index < -0.39 is 11.4 Å². The fraction of sp³-hybridized carbons (Fsp3) is 0.323. The van der Waals surface area contributed by atoms with E-state index in [9.17, 15) is 14.7 Å². The summed E-state index contributed by atoms with van der Waals surface area (Å²) in [4.78, 5) is 29.0. The molecule has 0 bridgehead atoms. The fourth-order valence-corrected chi connectivity index (χ4v) is 4.26. The average molecular weight is 549 g/mol. The second kappa shape index (κ2) is 14.0. The summed E-state index contributed by atoms with van der Waals surface area (Å²) in [6.07, 6.45) is 4.45. The second-order valence-electron chi connectivity index (χ2n) is 9.18. The number of pyridine rings is 1. The SMILES string of the molecule is CCC(CC)(CC(=O)Nc1cccc(/C=C/c2cccc(COc3cc(OC)c(OC)c(OC)c3)n2)c1)C(=O)O. The number of carbonyl (C=O) groups is 2. The van der Waals surface area contributed by atoms with Crippen LogP contribution in [0, 0.1) is 5.41 Å². The Morgan fingerprint density at radius 1 is 0.925 bits per heavy atom. The number of methoxy groups -OCH3 is 3. The Bertz CT molecular complexity index is 1320. The van der Waals surface area contributed by atoms with Crippen LogP contribution in [0.4, 0.5) is 5.69 Å². The number of hydrogen-bond acceptors (Lipinski definition) is 7. The van der Waals surface area contributed by atoms with Crippen molar-refractivity contribution < 1.29 is 33.6 Å². The Morgan fingerprint density at radius 2 is 1.60 bits per heavy atom. The summed E-state index contributed by atoms with van der Waals surface area (Å²) in [5.74, 6) is 0.756. The quantitative estimate of drug-likeness (QED) is 0.249. The first-order valence-electron chi connectivity index (χ1n) is 13.0. The number of carboxylic acid groups (broad SMARTS) is 1. The zero-order chi connectivity index (χ0) is 29.1. The van der Waals surface area contributed by atoms with Gasteiger partial charge in [-0.25, -0.2) is 4.98 Å². The highest BCUT2D eigenvalue weighted by molar-refractivity contribution is 5.94. The van der Waals surface area contributed by atoms with E-state index in [0.29, 0.717) is 41.5 Å². The third-order valence-electron chi connectivity index (χ3n) is 6.78. The Labute approximate surface area is 234 Å². The van der Waals surface area contributed by atoms with Gasteiger partial charge in [0, 0.05) is 24.2 Å². The Morgan fingerprint density at radius 3 is 2.20 bits per heavy atom. The number of aromatic nitrogens is 1. The smallest absolute Gasteiger partial charge is 0.310 e. The molecule has 0 aliphatic rings. The largest absolute Gasteiger partial charge is 0.493 e. The lowest BCUT2D eigenvalue weighted by Crippen LogP contribution is -2.34. The fourth-order valence-electron chi connectivity index (χ4n) is 4.26. The van der Waals surface area contributed by atoms with Crippen molar-refractivity contribution >= 4 is 29.7 Å². The summed E-state index contributed by atoms with van der Waals surface area (Å²) >= 11 is 0. The molecule has 9 nitrogen and oxygen atoms in total. The van der Waals surface area contributed by atoms with Crippen LogP contribution in [-0.4, -0.2) is 43.3 Å². The first kappa shape index (κ1) is 30.0. The molecule has 9 heteroatoms. The highest BCUT2D eigenvalue weighted by Crippen LogP contribution is 2.41. The molecule has 0 atom stereocenters. The van der Waals surface area contributed by atoms with Gasteiger partial charge in [0.25, 0.3) is 0 Å². The van der Waals surface area contributed by atoms with E-state index >= 15 is 0 Å². The third kappa shape index (κ3) is 7.53. The minimum atomic E-state index is -1.06. The van der Waals surface area contributed by atoms with Crippen LogP contribution in [0.5, 0.6) is 23.0 Å². The van der Waals surface area contributed by atoms with E-state index in [-0.39, 0.29) is 18.9 Å². The zero-order valence-electron chi connectivity index (χ0n) is 23.5. The molecule has 0 unspecified atom stereocenters. The molecule has 0 radical (unpaired) electrons. The van der Waals surface area contributed by atoms with Crippen LogP contribution in [0.25, 0.3) is 12.2 Å². The molecule has 212 valence electrons.